The van der Waals surface area contributed by atoms with Gasteiger partial charge in [-0.2, -0.15) is 5.10 Å². The zero-order valence-electron chi connectivity index (χ0n) is 17.0. The molecule has 0 unspecified atom stereocenters. The number of imidazole rings is 1. The third kappa shape index (κ3) is 4.41. The molecule has 4 aromatic rings. The molecular formula is C21H20Cl2N6O2. The highest BCUT2D eigenvalue weighted by Gasteiger charge is 2.20. The fourth-order valence-corrected chi connectivity index (χ4v) is 3.78. The van der Waals surface area contributed by atoms with Gasteiger partial charge in [-0.15, -0.1) is 0 Å². The van der Waals surface area contributed by atoms with Crippen molar-refractivity contribution in [1.29, 1.82) is 0 Å². The Bertz CT molecular complexity index is 1230. The monoisotopic (exact) mass is 458 g/mol. The third-order valence-electron chi connectivity index (χ3n) is 4.85. The molecule has 0 atom stereocenters. The third-order valence-corrected chi connectivity index (χ3v) is 5.49. The number of ether oxygens (including phenoxy) is 1. The van der Waals surface area contributed by atoms with Gasteiger partial charge in [0.05, 0.1) is 28.3 Å². The van der Waals surface area contributed by atoms with Gasteiger partial charge in [0, 0.05) is 43.0 Å². The smallest absolute Gasteiger partial charge is 0.258 e. The van der Waals surface area contributed by atoms with E-state index in [-0.39, 0.29) is 11.5 Å². The topological polar surface area (TPSA) is 86.9 Å². The highest BCUT2D eigenvalue weighted by molar-refractivity contribution is 6.39. The van der Waals surface area contributed by atoms with E-state index >= 15 is 0 Å². The van der Waals surface area contributed by atoms with Crippen LogP contribution in [0.15, 0.2) is 42.9 Å². The number of nitrogens with zero attached hydrogens (tertiary/aromatic N) is 5. The Hall–Kier alpha value is -2.94. The number of halogens is 2. The number of aryl methyl sites for hydroxylation is 1. The van der Waals surface area contributed by atoms with E-state index in [2.05, 4.69) is 20.4 Å². The van der Waals surface area contributed by atoms with Crippen molar-refractivity contribution in [2.24, 2.45) is 0 Å². The molecule has 4 rings (SSSR count). The van der Waals surface area contributed by atoms with Crippen LogP contribution in [0.3, 0.4) is 0 Å². The van der Waals surface area contributed by atoms with Crippen LogP contribution in [0, 0.1) is 6.92 Å². The second-order valence-corrected chi connectivity index (χ2v) is 7.73. The molecule has 1 N–H and O–H groups in total. The molecule has 8 nitrogen and oxygen atoms in total. The summed E-state index contributed by atoms with van der Waals surface area (Å²) in [5.74, 6) is 0.466. The molecule has 0 aliphatic carbocycles. The molecule has 0 fully saturated rings. The molecule has 1 aromatic carbocycles. The van der Waals surface area contributed by atoms with Gasteiger partial charge in [0.1, 0.15) is 12.4 Å². The lowest BCUT2D eigenvalue weighted by molar-refractivity contribution is 0.102. The van der Waals surface area contributed by atoms with E-state index in [9.17, 15) is 4.79 Å². The quantitative estimate of drug-likeness (QED) is 0.448. The number of nitrogens with one attached hydrogen (secondary N) is 1. The predicted octanol–water partition coefficient (Wildman–Crippen LogP) is 4.19. The lowest BCUT2D eigenvalue weighted by atomic mass is 10.2. The van der Waals surface area contributed by atoms with Gasteiger partial charge in [0.25, 0.3) is 5.91 Å². The normalized spacial score (nSPS) is 11.2. The first kappa shape index (κ1) is 21.3. The van der Waals surface area contributed by atoms with Crippen molar-refractivity contribution in [2.75, 3.05) is 19.0 Å². The van der Waals surface area contributed by atoms with Crippen LogP contribution in [0.25, 0.3) is 11.0 Å². The number of amides is 1. The summed E-state index contributed by atoms with van der Waals surface area (Å²) in [5, 5.41) is 8.92. The molecule has 3 heterocycles. The van der Waals surface area contributed by atoms with Crippen molar-refractivity contribution in [2.45, 2.75) is 20.0 Å². The van der Waals surface area contributed by atoms with Crippen LogP contribution in [0.2, 0.25) is 10.0 Å². The molecule has 31 heavy (non-hydrogen) atoms. The number of methoxy groups -OCH3 is 1. The van der Waals surface area contributed by atoms with Crippen LogP contribution in [-0.4, -0.2) is 43.9 Å². The number of anilines is 1. The molecule has 0 spiro atoms. The summed E-state index contributed by atoms with van der Waals surface area (Å²) in [6.45, 7) is 3.52. The minimum Gasteiger partial charge on any atom is -0.383 e. The number of fused-ring (bicyclic) bond motifs is 1. The number of benzene rings is 1. The summed E-state index contributed by atoms with van der Waals surface area (Å²) in [7, 11) is 1.66. The molecule has 160 valence electrons. The van der Waals surface area contributed by atoms with Crippen LogP contribution in [-0.2, 0) is 17.8 Å². The minimum atomic E-state index is -0.357. The number of carbonyl (C=O) groups excluding carboxylic acids is 1. The Labute approximate surface area is 188 Å². The number of pyridine rings is 1. The van der Waals surface area contributed by atoms with Gasteiger partial charge in [-0.05, 0) is 31.2 Å². The molecule has 0 radical (unpaired) electrons. The van der Waals surface area contributed by atoms with E-state index in [1.807, 2.05) is 17.7 Å². The lowest BCUT2D eigenvalue weighted by Gasteiger charge is -2.09. The number of hydrogen-bond acceptors (Lipinski definition) is 5. The van der Waals surface area contributed by atoms with Crippen LogP contribution in [0.5, 0.6) is 0 Å². The summed E-state index contributed by atoms with van der Waals surface area (Å²) in [6, 6.07) is 6.83. The van der Waals surface area contributed by atoms with Crippen LogP contribution < -0.4 is 5.32 Å². The fraction of sp³-hybridized carbons (Fsp3) is 0.238. The second kappa shape index (κ2) is 9.05. The molecular weight excluding hydrogens is 439 g/mol. The summed E-state index contributed by atoms with van der Waals surface area (Å²) in [4.78, 5) is 21.7. The zero-order valence-corrected chi connectivity index (χ0v) is 18.5. The van der Waals surface area contributed by atoms with Gasteiger partial charge in [-0.1, -0.05) is 23.2 Å². The van der Waals surface area contributed by atoms with Crippen molar-refractivity contribution in [3.05, 3.63) is 70.0 Å². The Morgan fingerprint density at radius 3 is 2.71 bits per heavy atom. The summed E-state index contributed by atoms with van der Waals surface area (Å²) < 4.78 is 8.89. The highest BCUT2D eigenvalue weighted by atomic mass is 35.5. The zero-order chi connectivity index (χ0) is 22.0. The van der Waals surface area contributed by atoms with Gasteiger partial charge < -0.3 is 14.6 Å². The number of aromatic nitrogens is 5. The Balaban J connectivity index is 1.63. The number of hydrogen-bond donors (Lipinski definition) is 1. The van der Waals surface area contributed by atoms with Crippen molar-refractivity contribution >= 4 is 45.8 Å². The SMILES string of the molecule is COCCn1ccnc1Cn1nc(C)c2c(Cl)c(C(=O)Nc3ccc(Cl)cc3)cnc21. The summed E-state index contributed by atoms with van der Waals surface area (Å²) in [6.07, 6.45) is 5.10. The molecule has 0 saturated carbocycles. The van der Waals surface area contributed by atoms with Gasteiger partial charge in [0.15, 0.2) is 5.65 Å². The Kier molecular flexibility index (Phi) is 6.22. The van der Waals surface area contributed by atoms with Crippen LogP contribution in [0.1, 0.15) is 21.9 Å². The average molecular weight is 459 g/mol. The van der Waals surface area contributed by atoms with Crippen LogP contribution >= 0.6 is 23.2 Å². The molecule has 0 aliphatic rings. The summed E-state index contributed by atoms with van der Waals surface area (Å²) in [5.41, 5.74) is 2.16. The Morgan fingerprint density at radius 2 is 1.97 bits per heavy atom. The molecule has 0 aliphatic heterocycles. The number of rotatable bonds is 7. The first-order chi connectivity index (χ1) is 15.0. The van der Waals surface area contributed by atoms with E-state index in [1.54, 1.807) is 42.3 Å². The minimum absolute atomic E-state index is 0.272. The van der Waals surface area contributed by atoms with Crippen LogP contribution in [0.4, 0.5) is 5.69 Å². The second-order valence-electron chi connectivity index (χ2n) is 6.92. The maximum absolute atomic E-state index is 12.8. The van der Waals surface area contributed by atoms with Crippen molar-refractivity contribution in [3.63, 3.8) is 0 Å². The first-order valence-electron chi connectivity index (χ1n) is 9.55. The molecule has 1 amide bonds. The maximum atomic E-state index is 12.8. The van der Waals surface area contributed by atoms with Crippen molar-refractivity contribution in [3.8, 4) is 0 Å². The van der Waals surface area contributed by atoms with E-state index in [4.69, 9.17) is 27.9 Å². The lowest BCUT2D eigenvalue weighted by Crippen LogP contribution is -2.14. The van der Waals surface area contributed by atoms with E-state index in [1.165, 1.54) is 6.20 Å². The van der Waals surface area contributed by atoms with Gasteiger partial charge in [-0.25, -0.2) is 14.6 Å². The average Bonchev–Trinajstić information content (AvgIpc) is 3.32. The van der Waals surface area contributed by atoms with Gasteiger partial charge in [-0.3, -0.25) is 4.79 Å². The highest BCUT2D eigenvalue weighted by Crippen LogP contribution is 2.29. The predicted molar refractivity (Wildman–Crippen MR) is 120 cm³/mol. The Morgan fingerprint density at radius 1 is 1.19 bits per heavy atom. The molecule has 3 aromatic heterocycles. The largest absolute Gasteiger partial charge is 0.383 e. The number of carbonyl (C=O) groups is 1. The molecule has 0 saturated heterocycles. The van der Waals surface area contributed by atoms with Crippen molar-refractivity contribution < 1.29 is 9.53 Å². The van der Waals surface area contributed by atoms with E-state index in [0.717, 1.165) is 5.82 Å². The van der Waals surface area contributed by atoms with Gasteiger partial charge in [0.2, 0.25) is 0 Å². The van der Waals surface area contributed by atoms with E-state index in [0.29, 0.717) is 52.2 Å². The van der Waals surface area contributed by atoms with Crippen molar-refractivity contribution in [1.82, 2.24) is 24.3 Å². The van der Waals surface area contributed by atoms with Gasteiger partial charge >= 0.3 is 0 Å². The maximum Gasteiger partial charge on any atom is 0.258 e. The standard InChI is InChI=1S/C21H20Cl2N6O2/c1-13-18-19(23)16(21(30)26-15-5-3-14(22)4-6-15)11-25-20(18)29(27-13)12-17-24-7-8-28(17)9-10-31-2/h3-8,11H,9-10,12H2,1-2H3,(H,26,30). The molecule has 0 bridgehead atoms. The first-order valence-corrected chi connectivity index (χ1v) is 10.3. The fourth-order valence-electron chi connectivity index (χ4n) is 3.29. The molecule has 10 heteroatoms. The summed E-state index contributed by atoms with van der Waals surface area (Å²) >= 11 is 12.5. The van der Waals surface area contributed by atoms with E-state index < -0.39 is 0 Å².